The van der Waals surface area contributed by atoms with Gasteiger partial charge in [0, 0.05) is 17.0 Å². The van der Waals surface area contributed by atoms with Gasteiger partial charge in [-0.05, 0) is 58.7 Å². The van der Waals surface area contributed by atoms with E-state index in [0.29, 0.717) is 22.8 Å². The molecule has 0 radical (unpaired) electrons. The summed E-state index contributed by atoms with van der Waals surface area (Å²) in [5, 5.41) is 13.4. The molecule has 3 amide bonds. The number of urea groups is 1. The topological polar surface area (TPSA) is 108 Å². The average molecular weight is 486 g/mol. The number of anilines is 1. The van der Waals surface area contributed by atoms with Crippen LogP contribution >= 0.6 is 11.8 Å². The minimum absolute atomic E-state index is 0.0580. The molecule has 0 saturated carbocycles. The molecule has 0 fully saturated rings. The first-order chi connectivity index (χ1) is 15.7. The van der Waals surface area contributed by atoms with Gasteiger partial charge in [0.05, 0.1) is 5.75 Å². The van der Waals surface area contributed by atoms with E-state index in [9.17, 15) is 19.5 Å². The number of hydrogen-bond donors (Lipinski definition) is 4. The van der Waals surface area contributed by atoms with Crippen LogP contribution in [0.1, 0.15) is 75.5 Å². The number of carbonyl (C=O) groups excluding carboxylic acids is 3. The molecule has 184 valence electrons. The molecule has 2 aromatic rings. The number of amides is 3. The van der Waals surface area contributed by atoms with Crippen molar-refractivity contribution in [2.45, 2.75) is 65.0 Å². The van der Waals surface area contributed by atoms with Crippen molar-refractivity contribution in [1.29, 1.82) is 0 Å². The molecular formula is C26H35N3O4S. The van der Waals surface area contributed by atoms with Crippen molar-refractivity contribution in [3.05, 3.63) is 58.7 Å². The van der Waals surface area contributed by atoms with Gasteiger partial charge in [0.2, 0.25) is 5.91 Å². The molecule has 2 aromatic carbocycles. The first-order valence-corrected chi connectivity index (χ1v) is 12.3. The third-order valence-corrected chi connectivity index (χ3v) is 6.16. The predicted octanol–water partition coefficient (Wildman–Crippen LogP) is 5.28. The van der Waals surface area contributed by atoms with Crippen LogP contribution in [0, 0.1) is 0 Å². The van der Waals surface area contributed by atoms with Crippen molar-refractivity contribution < 1.29 is 19.5 Å². The second-order valence-corrected chi connectivity index (χ2v) is 11.3. The Kier molecular flexibility index (Phi) is 8.78. The van der Waals surface area contributed by atoms with E-state index in [4.69, 9.17) is 0 Å². The SMILES string of the molecule is CC(=O)c1ccc(NC(=O)NNC(=O)CSCc2cc(C(C)(C)C)c(O)c(C(C)(C)C)c2)cc1. The number of aromatic hydroxyl groups is 1. The Morgan fingerprint density at radius 2 is 1.41 bits per heavy atom. The lowest BCUT2D eigenvalue weighted by molar-refractivity contribution is -0.119. The van der Waals surface area contributed by atoms with E-state index in [1.165, 1.54) is 18.7 Å². The van der Waals surface area contributed by atoms with Crippen molar-refractivity contribution in [3.63, 3.8) is 0 Å². The molecule has 0 unspecified atom stereocenters. The van der Waals surface area contributed by atoms with E-state index < -0.39 is 6.03 Å². The van der Waals surface area contributed by atoms with Crippen LogP contribution in [0.15, 0.2) is 36.4 Å². The second kappa shape index (κ2) is 11.0. The van der Waals surface area contributed by atoms with E-state index in [0.717, 1.165) is 16.7 Å². The predicted molar refractivity (Wildman–Crippen MR) is 138 cm³/mol. The Morgan fingerprint density at radius 3 is 1.88 bits per heavy atom. The molecule has 0 aliphatic heterocycles. The molecule has 2 rings (SSSR count). The van der Waals surface area contributed by atoms with Crippen molar-refractivity contribution in [2.75, 3.05) is 11.1 Å². The maximum atomic E-state index is 12.2. The van der Waals surface area contributed by atoms with Crippen LogP contribution in [-0.4, -0.2) is 28.6 Å². The molecule has 8 heteroatoms. The van der Waals surface area contributed by atoms with Crippen LogP contribution in [0.2, 0.25) is 0 Å². The lowest BCUT2D eigenvalue weighted by Gasteiger charge is -2.28. The Hall–Kier alpha value is -3.00. The van der Waals surface area contributed by atoms with E-state index in [1.54, 1.807) is 24.3 Å². The largest absolute Gasteiger partial charge is 0.507 e. The van der Waals surface area contributed by atoms with Gasteiger partial charge in [-0.1, -0.05) is 53.7 Å². The summed E-state index contributed by atoms with van der Waals surface area (Å²) in [5.74, 6) is 0.687. The summed E-state index contributed by atoms with van der Waals surface area (Å²) >= 11 is 1.42. The number of Topliss-reactive ketones (excluding diaryl/α,β-unsaturated/α-hetero) is 1. The van der Waals surface area contributed by atoms with Gasteiger partial charge >= 0.3 is 6.03 Å². The molecule has 0 spiro atoms. The second-order valence-electron chi connectivity index (χ2n) is 10.3. The minimum Gasteiger partial charge on any atom is -0.507 e. The molecule has 0 aliphatic rings. The first-order valence-electron chi connectivity index (χ1n) is 11.1. The Labute approximate surface area is 206 Å². The van der Waals surface area contributed by atoms with Crippen molar-refractivity contribution >= 4 is 35.2 Å². The molecule has 0 aromatic heterocycles. The average Bonchev–Trinajstić information content (AvgIpc) is 2.72. The summed E-state index contributed by atoms with van der Waals surface area (Å²) in [4.78, 5) is 35.5. The van der Waals surface area contributed by atoms with Crippen LogP contribution in [0.5, 0.6) is 5.75 Å². The highest BCUT2D eigenvalue weighted by atomic mass is 32.2. The standard InChI is InChI=1S/C26H35N3O4S/c1-16(30)18-8-10-19(11-9-18)27-24(33)29-28-22(31)15-34-14-17-12-20(25(2,3)4)23(32)21(13-17)26(5,6)7/h8-13,32H,14-15H2,1-7H3,(H,28,31)(H2,27,29,33). The Morgan fingerprint density at radius 1 is 0.882 bits per heavy atom. The highest BCUT2D eigenvalue weighted by Gasteiger charge is 2.26. The smallest absolute Gasteiger partial charge is 0.337 e. The van der Waals surface area contributed by atoms with Crippen LogP contribution in [0.3, 0.4) is 0 Å². The van der Waals surface area contributed by atoms with Gasteiger partial charge in [0.25, 0.3) is 0 Å². The maximum Gasteiger partial charge on any atom is 0.337 e. The summed E-state index contributed by atoms with van der Waals surface area (Å²) in [5.41, 5.74) is 8.12. The van der Waals surface area contributed by atoms with Crippen LogP contribution in [0.25, 0.3) is 0 Å². The summed E-state index contributed by atoms with van der Waals surface area (Å²) in [6.07, 6.45) is 0. The molecule has 34 heavy (non-hydrogen) atoms. The number of phenols is 1. The molecule has 4 N–H and O–H groups in total. The quantitative estimate of drug-likeness (QED) is 0.329. The van der Waals surface area contributed by atoms with E-state index in [2.05, 4.69) is 57.7 Å². The Balaban J connectivity index is 1.90. The zero-order chi connectivity index (χ0) is 25.7. The maximum absolute atomic E-state index is 12.2. The number of ketones is 1. The minimum atomic E-state index is -0.586. The highest BCUT2D eigenvalue weighted by molar-refractivity contribution is 7.99. The van der Waals surface area contributed by atoms with Gasteiger partial charge in [0.1, 0.15) is 5.75 Å². The van der Waals surface area contributed by atoms with Crippen LogP contribution < -0.4 is 16.2 Å². The number of carbonyl (C=O) groups is 3. The van der Waals surface area contributed by atoms with Crippen LogP contribution in [-0.2, 0) is 21.4 Å². The fourth-order valence-corrected chi connectivity index (χ4v) is 4.06. The van der Waals surface area contributed by atoms with E-state index in [-0.39, 0.29) is 28.3 Å². The Bertz CT molecular complexity index is 1020. The fraction of sp³-hybridized carbons (Fsp3) is 0.423. The van der Waals surface area contributed by atoms with E-state index >= 15 is 0 Å². The van der Waals surface area contributed by atoms with Crippen LogP contribution in [0.4, 0.5) is 10.5 Å². The van der Waals surface area contributed by atoms with Gasteiger partial charge in [-0.15, -0.1) is 11.8 Å². The number of thioether (sulfide) groups is 1. The molecule has 0 aliphatic carbocycles. The number of benzene rings is 2. The van der Waals surface area contributed by atoms with E-state index in [1.807, 2.05) is 12.1 Å². The third kappa shape index (κ3) is 7.80. The summed E-state index contributed by atoms with van der Waals surface area (Å²) in [6.45, 7) is 13.8. The summed E-state index contributed by atoms with van der Waals surface area (Å²) in [7, 11) is 0. The molecule has 7 nitrogen and oxygen atoms in total. The molecule has 0 bridgehead atoms. The van der Waals surface area contributed by atoms with Gasteiger partial charge in [-0.25, -0.2) is 10.2 Å². The van der Waals surface area contributed by atoms with Gasteiger partial charge in [-0.2, -0.15) is 0 Å². The van der Waals surface area contributed by atoms with Gasteiger partial charge < -0.3 is 10.4 Å². The summed E-state index contributed by atoms with van der Waals surface area (Å²) < 4.78 is 0. The highest BCUT2D eigenvalue weighted by Crippen LogP contribution is 2.40. The number of nitrogens with one attached hydrogen (secondary N) is 3. The monoisotopic (exact) mass is 485 g/mol. The normalized spacial score (nSPS) is 11.6. The number of hydrazine groups is 1. The lowest BCUT2D eigenvalue weighted by Crippen LogP contribution is -2.44. The van der Waals surface area contributed by atoms with Crippen molar-refractivity contribution in [3.8, 4) is 5.75 Å². The zero-order valence-corrected chi connectivity index (χ0v) is 21.8. The number of hydrogen-bond acceptors (Lipinski definition) is 5. The van der Waals surface area contributed by atoms with Crippen molar-refractivity contribution in [2.24, 2.45) is 0 Å². The molecule has 0 saturated heterocycles. The summed E-state index contributed by atoms with van der Waals surface area (Å²) in [6, 6.07) is 9.88. The number of phenolic OH excluding ortho intramolecular Hbond substituents is 1. The van der Waals surface area contributed by atoms with Gasteiger partial charge in [-0.3, -0.25) is 15.0 Å². The number of rotatable bonds is 6. The third-order valence-electron chi connectivity index (χ3n) is 5.15. The lowest BCUT2D eigenvalue weighted by atomic mass is 9.78. The fourth-order valence-electron chi connectivity index (χ4n) is 3.30. The molecular weight excluding hydrogens is 450 g/mol. The first kappa shape index (κ1) is 27.2. The molecule has 0 atom stereocenters. The van der Waals surface area contributed by atoms with Crippen molar-refractivity contribution in [1.82, 2.24) is 10.9 Å². The zero-order valence-electron chi connectivity index (χ0n) is 21.0. The molecule has 0 heterocycles. The van der Waals surface area contributed by atoms with Gasteiger partial charge in [0.15, 0.2) is 5.78 Å².